The van der Waals surface area contributed by atoms with Crippen LogP contribution in [0.5, 0.6) is 0 Å². The molecule has 0 atom stereocenters. The average molecular weight is 291 g/mol. The van der Waals surface area contributed by atoms with Gasteiger partial charge in [0.15, 0.2) is 0 Å². The van der Waals surface area contributed by atoms with Gasteiger partial charge >= 0.3 is 0 Å². The molecule has 1 aromatic heterocycles. The van der Waals surface area contributed by atoms with Crippen molar-refractivity contribution < 1.29 is 4.79 Å². The molecular weight excluding hydrogens is 280 g/mol. The van der Waals surface area contributed by atoms with Crippen LogP contribution in [0, 0.1) is 6.92 Å². The average Bonchev–Trinajstić information content (AvgIpc) is 2.33. The molecule has 0 spiro atoms. The minimum atomic E-state index is -0.140. The molecule has 0 unspecified atom stereocenters. The third-order valence-corrected chi connectivity index (χ3v) is 2.95. The summed E-state index contributed by atoms with van der Waals surface area (Å²) in [6, 6.07) is 11.0. The van der Waals surface area contributed by atoms with Gasteiger partial charge in [0, 0.05) is 11.8 Å². The number of nitrogens with one attached hydrogen (secondary N) is 1. The number of nitrogens with zero attached hydrogens (tertiary/aromatic N) is 1. The van der Waals surface area contributed by atoms with Crippen LogP contribution in [-0.4, -0.2) is 10.9 Å². The normalized spacial score (nSPS) is 10.0. The van der Waals surface area contributed by atoms with Gasteiger partial charge in [0.1, 0.15) is 4.60 Å². The third kappa shape index (κ3) is 2.91. The predicted molar refractivity (Wildman–Crippen MR) is 71.1 cm³/mol. The van der Waals surface area contributed by atoms with Gasteiger partial charge in [0.05, 0.1) is 5.69 Å². The number of carbonyl (C=O) groups is 1. The van der Waals surface area contributed by atoms with Crippen molar-refractivity contribution in [2.45, 2.75) is 6.92 Å². The Morgan fingerprint density at radius 1 is 1.24 bits per heavy atom. The number of rotatable bonds is 2. The Bertz CT molecular complexity index is 537. The van der Waals surface area contributed by atoms with E-state index < -0.39 is 0 Å². The highest BCUT2D eigenvalue weighted by atomic mass is 79.9. The molecule has 0 saturated heterocycles. The predicted octanol–water partition coefficient (Wildman–Crippen LogP) is 3.40. The van der Waals surface area contributed by atoms with Gasteiger partial charge in [-0.25, -0.2) is 4.98 Å². The summed E-state index contributed by atoms with van der Waals surface area (Å²) in [6.07, 6.45) is 1.66. The summed E-state index contributed by atoms with van der Waals surface area (Å²) in [6.45, 7) is 1.99. The number of carbonyl (C=O) groups excluding carboxylic acids is 1. The largest absolute Gasteiger partial charge is 0.320 e. The molecule has 0 radical (unpaired) electrons. The summed E-state index contributed by atoms with van der Waals surface area (Å²) < 4.78 is 0.625. The smallest absolute Gasteiger partial charge is 0.255 e. The van der Waals surface area contributed by atoms with Crippen molar-refractivity contribution in [2.75, 3.05) is 5.32 Å². The molecule has 86 valence electrons. The van der Waals surface area contributed by atoms with E-state index in [1.165, 1.54) is 0 Å². The minimum absolute atomic E-state index is 0.140. The summed E-state index contributed by atoms with van der Waals surface area (Å²) in [4.78, 5) is 16.0. The zero-order valence-electron chi connectivity index (χ0n) is 9.27. The van der Waals surface area contributed by atoms with Gasteiger partial charge < -0.3 is 5.32 Å². The number of amides is 1. The van der Waals surface area contributed by atoms with Crippen molar-refractivity contribution in [3.8, 4) is 0 Å². The van der Waals surface area contributed by atoms with Crippen molar-refractivity contribution in [3.63, 3.8) is 0 Å². The maximum atomic E-state index is 11.9. The van der Waals surface area contributed by atoms with E-state index in [-0.39, 0.29) is 5.91 Å². The molecule has 0 fully saturated rings. The molecule has 1 heterocycles. The zero-order valence-corrected chi connectivity index (χ0v) is 10.9. The minimum Gasteiger partial charge on any atom is -0.320 e. The highest BCUT2D eigenvalue weighted by Gasteiger charge is 2.07. The van der Waals surface area contributed by atoms with Crippen LogP contribution in [0.15, 0.2) is 47.2 Å². The Hall–Kier alpha value is -1.68. The molecule has 1 N–H and O–H groups in total. The second-order valence-corrected chi connectivity index (χ2v) is 4.41. The first-order chi connectivity index (χ1) is 8.16. The number of hydrogen-bond donors (Lipinski definition) is 1. The van der Waals surface area contributed by atoms with Crippen molar-refractivity contribution in [3.05, 3.63) is 58.3 Å². The number of halogens is 1. The Labute approximate surface area is 108 Å². The van der Waals surface area contributed by atoms with E-state index in [1.54, 1.807) is 30.5 Å². The lowest BCUT2D eigenvalue weighted by Gasteiger charge is -2.06. The van der Waals surface area contributed by atoms with Gasteiger partial charge in [-0.2, -0.15) is 0 Å². The van der Waals surface area contributed by atoms with Crippen LogP contribution in [0.3, 0.4) is 0 Å². The van der Waals surface area contributed by atoms with Crippen molar-refractivity contribution in [1.82, 2.24) is 4.98 Å². The Kier molecular flexibility index (Phi) is 3.54. The van der Waals surface area contributed by atoms with Crippen LogP contribution in [-0.2, 0) is 0 Å². The molecule has 1 amide bonds. The lowest BCUT2D eigenvalue weighted by atomic mass is 10.1. The molecule has 0 aliphatic carbocycles. The molecule has 0 aliphatic rings. The molecule has 0 saturated carbocycles. The van der Waals surface area contributed by atoms with Crippen molar-refractivity contribution in [2.24, 2.45) is 0 Å². The number of aromatic nitrogens is 1. The third-order valence-electron chi connectivity index (χ3n) is 2.32. The lowest BCUT2D eigenvalue weighted by Crippen LogP contribution is -2.12. The summed E-state index contributed by atoms with van der Waals surface area (Å²) >= 11 is 3.28. The number of anilines is 1. The van der Waals surface area contributed by atoms with Crippen molar-refractivity contribution in [1.29, 1.82) is 0 Å². The van der Waals surface area contributed by atoms with E-state index in [2.05, 4.69) is 26.2 Å². The maximum Gasteiger partial charge on any atom is 0.255 e. The summed E-state index contributed by atoms with van der Waals surface area (Å²) in [5, 5.41) is 2.80. The van der Waals surface area contributed by atoms with Crippen molar-refractivity contribution >= 4 is 27.5 Å². The summed E-state index contributed by atoms with van der Waals surface area (Å²) in [5.74, 6) is -0.140. The van der Waals surface area contributed by atoms with E-state index in [4.69, 9.17) is 0 Å². The topological polar surface area (TPSA) is 42.0 Å². The van der Waals surface area contributed by atoms with Gasteiger partial charge in [0.2, 0.25) is 0 Å². The quantitative estimate of drug-likeness (QED) is 0.862. The van der Waals surface area contributed by atoms with Gasteiger partial charge in [-0.3, -0.25) is 4.79 Å². The van der Waals surface area contributed by atoms with Crippen LogP contribution >= 0.6 is 15.9 Å². The molecule has 3 nitrogen and oxygen atoms in total. The summed E-state index contributed by atoms with van der Waals surface area (Å²) in [7, 11) is 0. The fourth-order valence-corrected chi connectivity index (χ4v) is 1.73. The van der Waals surface area contributed by atoms with Gasteiger partial charge in [-0.15, -0.1) is 0 Å². The molecule has 1 aromatic carbocycles. The Balaban J connectivity index is 2.17. The first kappa shape index (κ1) is 11.8. The zero-order chi connectivity index (χ0) is 12.3. The van der Waals surface area contributed by atoms with Crippen LogP contribution in [0.25, 0.3) is 0 Å². The fraction of sp³-hybridized carbons (Fsp3) is 0.0769. The van der Waals surface area contributed by atoms with Crippen LogP contribution in [0.4, 0.5) is 5.69 Å². The highest BCUT2D eigenvalue weighted by molar-refractivity contribution is 9.10. The monoisotopic (exact) mass is 290 g/mol. The van der Waals surface area contributed by atoms with Crippen LogP contribution < -0.4 is 5.32 Å². The SMILES string of the molecule is Cc1ccc(C(=O)Nc2cccnc2Br)cc1. The van der Waals surface area contributed by atoms with Crippen LogP contribution in [0.2, 0.25) is 0 Å². The molecule has 2 aromatic rings. The Morgan fingerprint density at radius 2 is 1.94 bits per heavy atom. The molecule has 0 bridgehead atoms. The fourth-order valence-electron chi connectivity index (χ4n) is 1.38. The highest BCUT2D eigenvalue weighted by Crippen LogP contribution is 2.19. The van der Waals surface area contributed by atoms with E-state index in [1.807, 2.05) is 19.1 Å². The first-order valence-electron chi connectivity index (χ1n) is 5.15. The Morgan fingerprint density at radius 3 is 2.59 bits per heavy atom. The standard InChI is InChI=1S/C13H11BrN2O/c1-9-4-6-10(7-5-9)13(17)16-11-3-2-8-15-12(11)14/h2-8H,1H3,(H,16,17). The number of pyridine rings is 1. The first-order valence-corrected chi connectivity index (χ1v) is 5.94. The van der Waals surface area contributed by atoms with E-state index in [0.29, 0.717) is 15.9 Å². The second kappa shape index (κ2) is 5.10. The number of aryl methyl sites for hydroxylation is 1. The molecule has 2 rings (SSSR count). The molecule has 0 aliphatic heterocycles. The molecule has 4 heteroatoms. The number of benzene rings is 1. The summed E-state index contributed by atoms with van der Waals surface area (Å²) in [5.41, 5.74) is 2.42. The second-order valence-electron chi connectivity index (χ2n) is 3.66. The lowest BCUT2D eigenvalue weighted by molar-refractivity contribution is 0.102. The van der Waals surface area contributed by atoms with E-state index in [9.17, 15) is 4.79 Å². The number of hydrogen-bond acceptors (Lipinski definition) is 2. The van der Waals surface area contributed by atoms with Gasteiger partial charge in [-0.05, 0) is 47.1 Å². The maximum absolute atomic E-state index is 11.9. The van der Waals surface area contributed by atoms with Gasteiger partial charge in [-0.1, -0.05) is 17.7 Å². The van der Waals surface area contributed by atoms with Gasteiger partial charge in [0.25, 0.3) is 5.91 Å². The molecule has 17 heavy (non-hydrogen) atoms. The molecular formula is C13H11BrN2O. The van der Waals surface area contributed by atoms with E-state index >= 15 is 0 Å². The van der Waals surface area contributed by atoms with E-state index in [0.717, 1.165) is 5.56 Å². The van der Waals surface area contributed by atoms with Crippen LogP contribution in [0.1, 0.15) is 15.9 Å².